The van der Waals surface area contributed by atoms with E-state index in [9.17, 15) is 71.9 Å². The molecule has 720 valence electrons. The number of carbonyl (C=O) groups is 11. The fourth-order valence-corrected chi connectivity index (χ4v) is 14.6. The summed E-state index contributed by atoms with van der Waals surface area (Å²) < 4.78 is 50.3. The Hall–Kier alpha value is -12.0. The molecule has 0 bridgehead atoms. The smallest absolute Gasteiger partial charge is 0.410 e. The van der Waals surface area contributed by atoms with E-state index in [1.807, 2.05) is 118 Å². The van der Waals surface area contributed by atoms with Crippen LogP contribution < -0.4 is 55.5 Å². The van der Waals surface area contributed by atoms with Crippen LogP contribution >= 0.6 is 28.3 Å². The number of nitrogens with one attached hydrogen (secondary N) is 5. The lowest BCUT2D eigenvalue weighted by Crippen LogP contribution is -2.44. The van der Waals surface area contributed by atoms with Gasteiger partial charge in [0.05, 0.1) is 70.6 Å². The van der Waals surface area contributed by atoms with Gasteiger partial charge < -0.3 is 59.3 Å². The normalized spacial score (nSPS) is 16.1. The lowest BCUT2D eigenvalue weighted by molar-refractivity contribution is -0.137. The van der Waals surface area contributed by atoms with Crippen molar-refractivity contribution in [3.05, 3.63) is 136 Å². The number of aryl methyl sites for hydroxylation is 6. The number of imidazole rings is 4. The Labute approximate surface area is 779 Å². The summed E-state index contributed by atoms with van der Waals surface area (Å²) in [5, 5.41) is 12.3. The highest BCUT2D eigenvalue weighted by molar-refractivity contribution is 9.10. The molecule has 8 heterocycles. The second-order valence-electron chi connectivity index (χ2n) is 34.5. The first kappa shape index (κ1) is 109. The zero-order valence-corrected chi connectivity index (χ0v) is 80.6. The van der Waals surface area contributed by atoms with Gasteiger partial charge in [0, 0.05) is 124 Å². The molecule has 4 aliphatic rings. The Balaban J connectivity index is 0.000000260. The van der Waals surface area contributed by atoms with E-state index in [-0.39, 0.29) is 122 Å². The maximum atomic E-state index is 12.8. The number of rotatable bonds is 26. The third-order valence-electron chi connectivity index (χ3n) is 21.0. The van der Waals surface area contributed by atoms with Gasteiger partial charge in [-0.2, -0.15) is 0 Å². The van der Waals surface area contributed by atoms with Gasteiger partial charge in [0.2, 0.25) is 47.3 Å². The molecule has 11 amide bonds. The van der Waals surface area contributed by atoms with E-state index in [2.05, 4.69) is 60.3 Å². The summed E-state index contributed by atoms with van der Waals surface area (Å²) in [5.74, 6) is 5.32. The second kappa shape index (κ2) is 49.5. The van der Waals surface area contributed by atoms with E-state index in [1.54, 1.807) is 78.2 Å². The molecule has 4 unspecified atom stereocenters. The van der Waals surface area contributed by atoms with Gasteiger partial charge in [-0.05, 0) is 193 Å². The molecule has 132 heavy (non-hydrogen) atoms. The quantitative estimate of drug-likeness (QED) is 0.0134. The predicted molar refractivity (Wildman–Crippen MR) is 501 cm³/mol. The number of imide groups is 4. The number of terminal acetylenes is 1. The van der Waals surface area contributed by atoms with Crippen LogP contribution in [0.1, 0.15) is 167 Å². The maximum absolute atomic E-state index is 12.8. The first-order valence-electron chi connectivity index (χ1n) is 42.9. The SMILES string of the molecule is C#CCOCCN(C)C(=O)OC(C)(C)C.CN(CCOCC#Cc1ccc2c(c1)n(C)c(=O)n2C1CCC(=O)NC1=O)C(=O)OC(C)(C)C.CN(CCOCCCc1ccc2c(c1)n(C)c(=O)n2C1CCC(=O)NC1=O)C(=O)OC(C)(C)C.CNCCOCCCc1ccc2c(c1)n(C)c(=O)n2C1CCC(=O)NC1=O.Cl.Cn1c(=O)n(C2CCC(=O)NC2=O)c2ccc(Br)cc21.N. The second-order valence-corrected chi connectivity index (χ2v) is 35.5. The van der Waals surface area contributed by atoms with Gasteiger partial charge >= 0.3 is 41.0 Å². The minimum absolute atomic E-state index is 0. The van der Waals surface area contributed by atoms with Crippen molar-refractivity contribution in [1.82, 2.24) is 84.0 Å². The lowest BCUT2D eigenvalue weighted by atomic mass is 10.1. The molecule has 0 radical (unpaired) electrons. The van der Waals surface area contributed by atoms with E-state index in [4.69, 9.17) is 39.6 Å². The van der Waals surface area contributed by atoms with E-state index >= 15 is 0 Å². The van der Waals surface area contributed by atoms with E-state index in [0.29, 0.717) is 112 Å². The molecule has 12 rings (SSSR count). The summed E-state index contributed by atoms with van der Waals surface area (Å²) in [5.41, 5.74) is 5.82. The first-order valence-corrected chi connectivity index (χ1v) is 43.6. The van der Waals surface area contributed by atoms with Gasteiger partial charge in [-0.25, -0.2) is 33.6 Å². The Morgan fingerprint density at radius 1 is 0.432 bits per heavy atom. The molecule has 8 N–H and O–H groups in total. The number of hydrogen-bond donors (Lipinski definition) is 6. The monoisotopic (exact) mass is 1920 g/mol. The number of fused-ring (bicyclic) bond motifs is 4. The van der Waals surface area contributed by atoms with Crippen LogP contribution in [-0.2, 0) is 113 Å². The van der Waals surface area contributed by atoms with Crippen LogP contribution in [0.4, 0.5) is 14.4 Å². The number of benzene rings is 4. The van der Waals surface area contributed by atoms with Crippen LogP contribution in [0, 0.1) is 24.2 Å². The van der Waals surface area contributed by atoms with Crippen LogP contribution in [0.2, 0.25) is 0 Å². The van der Waals surface area contributed by atoms with Gasteiger partial charge in [0.1, 0.15) is 54.2 Å². The zero-order valence-electron chi connectivity index (χ0n) is 78.2. The highest BCUT2D eigenvalue weighted by Crippen LogP contribution is 2.30. The lowest BCUT2D eigenvalue weighted by Gasteiger charge is -2.24. The van der Waals surface area contributed by atoms with Crippen LogP contribution in [0.25, 0.3) is 44.1 Å². The van der Waals surface area contributed by atoms with Crippen molar-refractivity contribution in [3.63, 3.8) is 0 Å². The highest BCUT2D eigenvalue weighted by Gasteiger charge is 2.36. The predicted octanol–water partition coefficient (Wildman–Crippen LogP) is 7.34. The molecule has 0 aliphatic carbocycles. The van der Waals surface area contributed by atoms with Crippen LogP contribution in [0.5, 0.6) is 0 Å². The molecule has 4 fully saturated rings. The van der Waals surface area contributed by atoms with Crippen molar-refractivity contribution >= 4 is 138 Å². The molecule has 39 nitrogen and oxygen atoms in total. The minimum atomic E-state index is -0.724. The molecule has 4 atom stereocenters. The van der Waals surface area contributed by atoms with Crippen molar-refractivity contribution < 1.29 is 85.9 Å². The summed E-state index contributed by atoms with van der Waals surface area (Å²) >= 11 is 3.37. The third-order valence-corrected chi connectivity index (χ3v) is 21.5. The standard InChI is InChI=1S/C24H34N4O6.C24H30N4O6.C19H26N4O4.C13H12BrN3O3.C11H19NO3.ClH.H3N/c2*1-24(2,3)34-23(32)26(4)12-14-33-13-6-7-16-8-9-17-19(15-16)27(5)22(31)28(17)18-10-11-20(29)25-21(18)30;1-20-9-11-27-10-3-4-13-5-6-14-16(12-13)22(2)19(26)23(14)15-7-8-17(24)21-18(15)25;1-16-10-6-7(14)2-3-8(10)17(13(16)20)9-4-5-11(18)15-12(9)19;1-6-8-14-9-7-12(5)10(13)15-11(2,3)4;;/h8-9,15,18H,6-7,10-14H2,1-5H3,(H,25,29,30);8-9,15,18H,10-14H2,1-5H3,(H,25,29,30);5-6,12,15,20H,3-4,7-11H2,1-2H3,(H,21,24,25);2-3,6,9H,4-5H2,1H3,(H,15,18,19);1H,7-9H2,2-5H3;1H;1H3. The molecule has 4 saturated heterocycles. The van der Waals surface area contributed by atoms with Gasteiger partial charge in [-0.15, -0.1) is 18.8 Å². The molecule has 4 aliphatic heterocycles. The first-order chi connectivity index (χ1) is 61.3. The third kappa shape index (κ3) is 30.3. The topological polar surface area (TPSA) is 465 Å². The summed E-state index contributed by atoms with van der Waals surface area (Å²) in [6, 6.07) is 19.7. The van der Waals surface area contributed by atoms with E-state index in [0.717, 1.165) is 64.4 Å². The number of likely N-dealkylation sites (N-methyl/N-ethyl adjacent to an activating group) is 4. The van der Waals surface area contributed by atoms with Gasteiger partial charge in [-0.1, -0.05) is 45.8 Å². The van der Waals surface area contributed by atoms with E-state index < -0.39 is 70.7 Å². The summed E-state index contributed by atoms with van der Waals surface area (Å²) in [6.07, 6.45) is 9.34. The number of aromatic nitrogens is 8. The van der Waals surface area contributed by atoms with Gasteiger partial charge in [0.25, 0.3) is 0 Å². The Morgan fingerprint density at radius 3 is 1.06 bits per heavy atom. The fourth-order valence-electron chi connectivity index (χ4n) is 14.3. The number of nitrogens with zero attached hydrogens (tertiary/aromatic N) is 11. The van der Waals surface area contributed by atoms with Crippen molar-refractivity contribution in [3.8, 4) is 24.2 Å². The summed E-state index contributed by atoms with van der Waals surface area (Å²) in [7, 11) is 13.6. The molecule has 8 aromatic rings. The number of piperidine rings is 4. The largest absolute Gasteiger partial charge is 0.444 e. The summed E-state index contributed by atoms with van der Waals surface area (Å²) in [6.45, 7) is 22.0. The Bertz CT molecular complexity index is 5850. The Morgan fingerprint density at radius 2 is 0.735 bits per heavy atom. The molecule has 41 heteroatoms. The Kier molecular flexibility index (Phi) is 40.7. The number of amides is 11. The van der Waals surface area contributed by atoms with Gasteiger partial charge in [-0.3, -0.25) is 96.2 Å². The van der Waals surface area contributed by atoms with E-state index in [1.165, 1.54) is 46.7 Å². The van der Waals surface area contributed by atoms with Crippen molar-refractivity contribution in [1.29, 1.82) is 0 Å². The zero-order chi connectivity index (χ0) is 95.8. The van der Waals surface area contributed by atoms with Crippen molar-refractivity contribution in [2.45, 2.75) is 180 Å². The summed E-state index contributed by atoms with van der Waals surface area (Å²) in [4.78, 5) is 185. The molecule has 4 aromatic heterocycles. The van der Waals surface area contributed by atoms with Gasteiger partial charge in [0.15, 0.2) is 0 Å². The van der Waals surface area contributed by atoms with Crippen molar-refractivity contribution in [2.24, 2.45) is 28.2 Å². The van der Waals surface area contributed by atoms with Crippen molar-refractivity contribution in [2.75, 3.05) is 107 Å². The number of carbonyl (C=O) groups excluding carboxylic acids is 11. The fraction of sp³-hybridized carbons (Fsp3) is 0.527. The average molecular weight is 1920 g/mol. The molecule has 4 aromatic carbocycles. The van der Waals surface area contributed by atoms with Crippen LogP contribution in [0.15, 0.2) is 96.4 Å². The number of ether oxygens (including phenoxy) is 7. The highest BCUT2D eigenvalue weighted by atomic mass is 79.9. The molecular formula is C91H125BrClN17O22. The average Bonchev–Trinajstić information content (AvgIpc) is 1.62. The van der Waals surface area contributed by atoms with Crippen LogP contribution in [-0.4, -0.2) is 241 Å². The van der Waals surface area contributed by atoms with Crippen LogP contribution in [0.3, 0.4) is 0 Å². The molecule has 0 spiro atoms. The molecular weight excluding hydrogens is 1800 g/mol. The molecule has 0 saturated carbocycles. The number of halogens is 2. The minimum Gasteiger partial charge on any atom is -0.444 e. The maximum Gasteiger partial charge on any atom is 0.410 e. The number of hydrogen-bond acceptors (Lipinski definition) is 24.